The van der Waals surface area contributed by atoms with Crippen LogP contribution in [0.1, 0.15) is 85.0 Å². The van der Waals surface area contributed by atoms with Crippen LogP contribution in [0.4, 0.5) is 0 Å². The summed E-state index contributed by atoms with van der Waals surface area (Å²) < 4.78 is 11.2. The van der Waals surface area contributed by atoms with Gasteiger partial charge < -0.3 is 19.7 Å². The first kappa shape index (κ1) is 26.8. The fourth-order valence-corrected chi connectivity index (χ4v) is 3.04. The lowest BCUT2D eigenvalue weighted by atomic mass is 10.2. The van der Waals surface area contributed by atoms with Crippen molar-refractivity contribution in [2.24, 2.45) is 0 Å². The highest BCUT2D eigenvalue weighted by Gasteiger charge is 2.16. The average molecular weight is 390 g/mol. The molecule has 0 aromatic heterocycles. The Balaban J connectivity index is 3.95. The van der Waals surface area contributed by atoms with Crippen molar-refractivity contribution >= 4 is 0 Å². The van der Waals surface area contributed by atoms with Gasteiger partial charge in [-0.3, -0.25) is 4.90 Å². The van der Waals surface area contributed by atoms with Crippen molar-refractivity contribution in [1.29, 1.82) is 0 Å². The van der Waals surface area contributed by atoms with Gasteiger partial charge in [0.05, 0.1) is 25.4 Å². The van der Waals surface area contributed by atoms with E-state index in [2.05, 4.69) is 25.7 Å². The molecular weight excluding hydrogens is 342 g/mol. The van der Waals surface area contributed by atoms with Crippen molar-refractivity contribution < 1.29 is 19.7 Å². The maximum absolute atomic E-state index is 10.3. The Bertz CT molecular complexity index is 267. The fraction of sp³-hybridized carbons (Fsp3) is 1.00. The summed E-state index contributed by atoms with van der Waals surface area (Å²) in [5.41, 5.74) is 0. The lowest BCUT2D eigenvalue weighted by molar-refractivity contribution is -0.0112. The first-order chi connectivity index (χ1) is 13.1. The molecule has 0 saturated heterocycles. The van der Waals surface area contributed by atoms with Crippen LogP contribution in [0.15, 0.2) is 0 Å². The molecule has 0 fully saturated rings. The molecule has 2 unspecified atom stereocenters. The molecule has 5 heteroatoms. The molecule has 0 heterocycles. The van der Waals surface area contributed by atoms with Gasteiger partial charge >= 0.3 is 0 Å². The van der Waals surface area contributed by atoms with Crippen LogP contribution in [0.3, 0.4) is 0 Å². The summed E-state index contributed by atoms with van der Waals surface area (Å²) in [7, 11) is 0. The third-order valence-corrected chi connectivity index (χ3v) is 4.67. The predicted octanol–water partition coefficient (Wildman–Crippen LogP) is 4.00. The van der Waals surface area contributed by atoms with Gasteiger partial charge in [0, 0.05) is 26.3 Å². The number of aliphatic hydroxyl groups is 2. The van der Waals surface area contributed by atoms with E-state index in [1.54, 1.807) is 0 Å². The normalized spacial score (nSPS) is 14.0. The molecule has 5 nitrogen and oxygen atoms in total. The van der Waals surface area contributed by atoms with Crippen LogP contribution in [-0.4, -0.2) is 73.4 Å². The molecule has 0 aliphatic carbocycles. The van der Waals surface area contributed by atoms with Crippen molar-refractivity contribution in [3.8, 4) is 0 Å². The zero-order valence-electron chi connectivity index (χ0n) is 18.3. The number of ether oxygens (including phenoxy) is 2. The second-order valence-electron chi connectivity index (χ2n) is 7.69. The number of nitrogens with zero attached hydrogens (tertiary/aromatic N) is 1. The summed E-state index contributed by atoms with van der Waals surface area (Å²) in [4.78, 5) is 2.14. The fourth-order valence-electron chi connectivity index (χ4n) is 3.04. The average Bonchev–Trinajstić information content (AvgIpc) is 2.65. The number of unbranched alkanes of at least 4 members (excludes halogenated alkanes) is 7. The highest BCUT2D eigenvalue weighted by atomic mass is 16.5. The summed E-state index contributed by atoms with van der Waals surface area (Å²) >= 11 is 0. The van der Waals surface area contributed by atoms with Gasteiger partial charge in [-0.15, -0.1) is 0 Å². The van der Waals surface area contributed by atoms with Gasteiger partial charge in [0.1, 0.15) is 0 Å². The number of hydrogen-bond acceptors (Lipinski definition) is 5. The maximum atomic E-state index is 10.3. The topological polar surface area (TPSA) is 62.2 Å². The smallest absolute Gasteiger partial charge is 0.0900 e. The summed E-state index contributed by atoms with van der Waals surface area (Å²) in [6.45, 7) is 10.7. The molecule has 0 aromatic carbocycles. The Morgan fingerprint density at radius 1 is 0.630 bits per heavy atom. The standard InChI is InChI=1S/C22H47NO4/c1-4-7-10-12-15-26-19-21(24)17-23(14-9-6-3)18-22(25)20-27-16-13-11-8-5-2/h21-22,24-25H,4-20H2,1-3H3. The lowest BCUT2D eigenvalue weighted by Crippen LogP contribution is -2.41. The monoisotopic (exact) mass is 389 g/mol. The third kappa shape index (κ3) is 18.9. The Morgan fingerprint density at radius 2 is 1.07 bits per heavy atom. The molecule has 0 rings (SSSR count). The van der Waals surface area contributed by atoms with Gasteiger partial charge in [0.25, 0.3) is 0 Å². The van der Waals surface area contributed by atoms with Crippen molar-refractivity contribution in [3.63, 3.8) is 0 Å². The third-order valence-electron chi connectivity index (χ3n) is 4.67. The SMILES string of the molecule is CCCCCCOCC(O)CN(CCCC)CC(O)COCCCCCC. The van der Waals surface area contributed by atoms with Crippen LogP contribution in [0, 0.1) is 0 Å². The van der Waals surface area contributed by atoms with Crippen LogP contribution < -0.4 is 0 Å². The Hall–Kier alpha value is -0.200. The zero-order chi connectivity index (χ0) is 20.2. The van der Waals surface area contributed by atoms with Crippen molar-refractivity contribution in [1.82, 2.24) is 4.90 Å². The van der Waals surface area contributed by atoms with E-state index >= 15 is 0 Å². The minimum Gasteiger partial charge on any atom is -0.389 e. The molecule has 0 spiro atoms. The van der Waals surface area contributed by atoms with Crippen LogP contribution in [0.5, 0.6) is 0 Å². The molecule has 0 aliphatic heterocycles. The molecule has 0 aliphatic rings. The van der Waals surface area contributed by atoms with E-state index in [9.17, 15) is 10.2 Å². The van der Waals surface area contributed by atoms with E-state index in [1.807, 2.05) is 0 Å². The molecule has 0 bridgehead atoms. The number of rotatable bonds is 21. The van der Waals surface area contributed by atoms with Gasteiger partial charge in [-0.25, -0.2) is 0 Å². The highest BCUT2D eigenvalue weighted by Crippen LogP contribution is 2.04. The van der Waals surface area contributed by atoms with Crippen LogP contribution in [-0.2, 0) is 9.47 Å². The van der Waals surface area contributed by atoms with Gasteiger partial charge in [-0.2, -0.15) is 0 Å². The summed E-state index contributed by atoms with van der Waals surface area (Å²) in [6, 6.07) is 0. The van der Waals surface area contributed by atoms with Gasteiger partial charge in [-0.05, 0) is 25.8 Å². The Kier molecular flexibility index (Phi) is 20.4. The van der Waals surface area contributed by atoms with Crippen molar-refractivity contribution in [2.75, 3.05) is 46.1 Å². The van der Waals surface area contributed by atoms with Crippen molar-refractivity contribution in [3.05, 3.63) is 0 Å². The van der Waals surface area contributed by atoms with Crippen molar-refractivity contribution in [2.45, 2.75) is 97.2 Å². The predicted molar refractivity (Wildman–Crippen MR) is 113 cm³/mol. The van der Waals surface area contributed by atoms with Crippen LogP contribution in [0.25, 0.3) is 0 Å². The van der Waals surface area contributed by atoms with Crippen LogP contribution >= 0.6 is 0 Å². The molecule has 2 N–H and O–H groups in total. The minimum absolute atomic E-state index is 0.374. The maximum Gasteiger partial charge on any atom is 0.0900 e. The van der Waals surface area contributed by atoms with E-state index in [-0.39, 0.29) is 0 Å². The van der Waals surface area contributed by atoms with Gasteiger partial charge in [0.15, 0.2) is 0 Å². The molecule has 0 amide bonds. The molecule has 2 atom stereocenters. The molecule has 164 valence electrons. The van der Waals surface area contributed by atoms with E-state index in [4.69, 9.17) is 9.47 Å². The van der Waals surface area contributed by atoms with E-state index in [1.165, 1.54) is 38.5 Å². The van der Waals surface area contributed by atoms with E-state index in [0.29, 0.717) is 26.3 Å². The number of aliphatic hydroxyl groups excluding tert-OH is 2. The largest absolute Gasteiger partial charge is 0.389 e. The highest BCUT2D eigenvalue weighted by molar-refractivity contribution is 4.69. The quantitative estimate of drug-likeness (QED) is 0.291. The molecule has 0 aromatic rings. The second kappa shape index (κ2) is 20.5. The first-order valence-electron chi connectivity index (χ1n) is 11.4. The molecule has 0 radical (unpaired) electrons. The second-order valence-corrected chi connectivity index (χ2v) is 7.69. The molecule has 0 saturated carbocycles. The summed E-state index contributed by atoms with van der Waals surface area (Å²) in [6.07, 6.45) is 10.6. The Labute approximate surface area is 168 Å². The summed E-state index contributed by atoms with van der Waals surface area (Å²) in [5, 5.41) is 20.5. The molecule has 27 heavy (non-hydrogen) atoms. The summed E-state index contributed by atoms with van der Waals surface area (Å²) in [5.74, 6) is 0. The lowest BCUT2D eigenvalue weighted by Gasteiger charge is -2.27. The molecular formula is C22H47NO4. The van der Waals surface area contributed by atoms with E-state index < -0.39 is 12.2 Å². The Morgan fingerprint density at radius 3 is 1.48 bits per heavy atom. The van der Waals surface area contributed by atoms with Gasteiger partial charge in [0.2, 0.25) is 0 Å². The van der Waals surface area contributed by atoms with Gasteiger partial charge in [-0.1, -0.05) is 65.7 Å². The van der Waals surface area contributed by atoms with E-state index in [0.717, 1.165) is 45.4 Å². The zero-order valence-corrected chi connectivity index (χ0v) is 18.3. The minimum atomic E-state index is -0.504. The first-order valence-corrected chi connectivity index (χ1v) is 11.4. The van der Waals surface area contributed by atoms with Crippen LogP contribution in [0.2, 0.25) is 0 Å². The number of hydrogen-bond donors (Lipinski definition) is 2.